The van der Waals surface area contributed by atoms with Crippen LogP contribution in [-0.2, 0) is 5.41 Å². The first-order valence-corrected chi connectivity index (χ1v) is 22.3. The van der Waals surface area contributed by atoms with Crippen molar-refractivity contribution in [1.82, 2.24) is 0 Å². The van der Waals surface area contributed by atoms with Crippen molar-refractivity contribution in [1.29, 1.82) is 0 Å². The molecule has 2 rings (SSSR count). The number of hydrogen-bond donors (Lipinski definition) is 0. The van der Waals surface area contributed by atoms with Gasteiger partial charge >= 0.3 is 36.9 Å². The second-order valence-electron chi connectivity index (χ2n) is 12.8. The fourth-order valence-electron chi connectivity index (χ4n) is 3.85. The number of ether oxygens (including phenoxy) is 1. The first-order chi connectivity index (χ1) is 14.8. The van der Waals surface area contributed by atoms with Crippen LogP contribution in [0.25, 0.3) is 0 Å². The van der Waals surface area contributed by atoms with Crippen LogP contribution in [0.5, 0.6) is 5.75 Å². The van der Waals surface area contributed by atoms with Gasteiger partial charge in [0.2, 0.25) is 0 Å². The summed E-state index contributed by atoms with van der Waals surface area (Å²) in [4.78, 5) is 0. The zero-order chi connectivity index (χ0) is 26.3. The number of benzene rings is 1. The third-order valence-corrected chi connectivity index (χ3v) is 10.6. The number of allylic oxidation sites excluding steroid dienone is 4. The maximum absolute atomic E-state index is 6.00. The van der Waals surface area contributed by atoms with Crippen molar-refractivity contribution in [3.8, 4) is 5.75 Å². The van der Waals surface area contributed by atoms with Crippen molar-refractivity contribution in [3.05, 3.63) is 59.8 Å². The molecule has 1 aliphatic rings. The Labute approximate surface area is 246 Å². The zero-order valence-corrected chi connectivity index (χ0v) is 29.2. The van der Waals surface area contributed by atoms with Crippen molar-refractivity contribution >= 4 is 29.4 Å². The minimum absolute atomic E-state index is 0. The first kappa shape index (κ1) is 36.5. The second-order valence-corrected chi connectivity index (χ2v) is 27.7. The van der Waals surface area contributed by atoms with E-state index in [0.717, 1.165) is 12.2 Å². The van der Waals surface area contributed by atoms with Crippen LogP contribution in [0.4, 0.5) is 0 Å². The van der Waals surface area contributed by atoms with E-state index in [1.165, 1.54) is 33.6 Å². The van der Waals surface area contributed by atoms with Gasteiger partial charge in [0.05, 0.1) is 15.2 Å². The van der Waals surface area contributed by atoms with Crippen LogP contribution in [0.3, 0.4) is 0 Å². The number of hydrogen-bond acceptors (Lipinski definition) is 1. The van der Waals surface area contributed by atoms with Crippen molar-refractivity contribution in [2.24, 2.45) is 0 Å². The Bertz CT molecular complexity index is 778. The summed E-state index contributed by atoms with van der Waals surface area (Å²) < 4.78 is 6.00. The predicted molar refractivity (Wildman–Crippen MR) is 161 cm³/mol. The minimum Gasteiger partial charge on any atom is -0.497 e. The van der Waals surface area contributed by atoms with Crippen LogP contribution >= 0.6 is 0 Å². The van der Waals surface area contributed by atoms with Gasteiger partial charge in [0.1, 0.15) is 5.75 Å². The average molecular weight is 677 g/mol. The summed E-state index contributed by atoms with van der Waals surface area (Å²) in [5.74, 6) is 1.12. The molecule has 202 valence electrons. The Morgan fingerprint density at radius 1 is 0.941 bits per heavy atom. The maximum atomic E-state index is 6.00. The number of rotatable bonds is 5. The number of methoxy groups -OCH3 is 1. The molecule has 0 heterocycles. The molecule has 1 aromatic carbocycles. The molecule has 0 aliphatic heterocycles. The first-order valence-electron chi connectivity index (χ1n) is 12.5. The standard InChI is InChI=1S/C21H31OSi.2C4H11Si.Lu/c1-8-23(9-2,17-12-10-11-13-17)19-15-16(3)14-18(20(19)22-7)21(4,5)6;2*1-5(2,3)4;/h10-11,14-15H,8-9,12H2,1-7H3;2*1H2,2-4H3;/q3*-1;+3. The molecule has 0 fully saturated rings. The topological polar surface area (TPSA) is 9.23 Å². The third kappa shape index (κ3) is 13.1. The average Bonchev–Trinajstić information content (AvgIpc) is 3.14. The van der Waals surface area contributed by atoms with E-state index in [9.17, 15) is 0 Å². The van der Waals surface area contributed by atoms with Crippen LogP contribution in [0.15, 0.2) is 29.5 Å². The minimum atomic E-state index is -1.78. The van der Waals surface area contributed by atoms with Gasteiger partial charge in [-0.05, 0) is 23.1 Å². The zero-order valence-electron chi connectivity index (χ0n) is 24.5. The smallest absolute Gasteiger partial charge is 0.497 e. The molecule has 0 aromatic heterocycles. The monoisotopic (exact) mass is 676 g/mol. The Hall–Kier alpha value is 0.384. The van der Waals surface area contributed by atoms with Gasteiger partial charge in [-0.3, -0.25) is 6.08 Å². The largest absolute Gasteiger partial charge is 3.00 e. The Kier molecular flexibility index (Phi) is 16.1. The van der Waals surface area contributed by atoms with Crippen LogP contribution in [0, 0.1) is 63.0 Å². The molecule has 1 aliphatic carbocycles. The summed E-state index contributed by atoms with van der Waals surface area (Å²) in [6.45, 7) is 34.9. The van der Waals surface area contributed by atoms with Gasteiger partial charge in [0, 0.05) is 0 Å². The van der Waals surface area contributed by atoms with Crippen LogP contribution in [0.2, 0.25) is 51.4 Å². The van der Waals surface area contributed by atoms with Crippen molar-refractivity contribution < 1.29 is 41.6 Å². The van der Waals surface area contributed by atoms with Gasteiger partial charge in [-0.25, -0.2) is 12.2 Å². The molecule has 34 heavy (non-hydrogen) atoms. The van der Waals surface area contributed by atoms with E-state index in [-0.39, 0.29) is 42.3 Å². The molecule has 5 heteroatoms. The van der Waals surface area contributed by atoms with Crippen LogP contribution in [-0.4, -0.2) is 31.3 Å². The Morgan fingerprint density at radius 2 is 1.38 bits per heavy atom. The van der Waals surface area contributed by atoms with Gasteiger partial charge in [-0.15, -0.1) is 22.6 Å². The summed E-state index contributed by atoms with van der Waals surface area (Å²) in [7, 11) is -1.67. The van der Waals surface area contributed by atoms with Crippen molar-refractivity contribution in [2.45, 2.75) is 105 Å². The predicted octanol–water partition coefficient (Wildman–Crippen LogP) is 8.62. The van der Waals surface area contributed by atoms with Crippen LogP contribution < -0.4 is 9.92 Å². The quantitative estimate of drug-likeness (QED) is 0.224. The molecule has 1 aromatic rings. The molecular formula is C29H53LuOSi3. The fourth-order valence-corrected chi connectivity index (χ4v) is 8.34. The third-order valence-electron chi connectivity index (χ3n) is 5.24. The second kappa shape index (κ2) is 15.0. The molecule has 0 unspecified atom stereocenters. The molecule has 0 saturated carbocycles. The van der Waals surface area contributed by atoms with E-state index in [1.54, 1.807) is 0 Å². The van der Waals surface area contributed by atoms with E-state index in [4.69, 9.17) is 4.74 Å². The van der Waals surface area contributed by atoms with E-state index < -0.39 is 24.2 Å². The van der Waals surface area contributed by atoms with Gasteiger partial charge in [-0.2, -0.15) is 5.20 Å². The normalized spacial score (nSPS) is 13.7. The molecule has 0 atom stereocenters. The van der Waals surface area contributed by atoms with Gasteiger partial charge in [0.25, 0.3) is 0 Å². The summed E-state index contributed by atoms with van der Waals surface area (Å²) in [5.41, 5.74) is 2.76. The Balaban J connectivity index is 0. The summed E-state index contributed by atoms with van der Waals surface area (Å²) in [6.07, 6.45) is 8.99. The van der Waals surface area contributed by atoms with Crippen molar-refractivity contribution in [2.75, 3.05) is 7.11 Å². The van der Waals surface area contributed by atoms with E-state index >= 15 is 0 Å². The van der Waals surface area contributed by atoms with E-state index in [2.05, 4.69) is 124 Å². The molecule has 0 N–H and O–H groups in total. The van der Waals surface area contributed by atoms with Gasteiger partial charge in [-0.1, -0.05) is 104 Å². The van der Waals surface area contributed by atoms with Gasteiger partial charge in [0.15, 0.2) is 0 Å². The van der Waals surface area contributed by atoms with Gasteiger partial charge < -0.3 is 17.8 Å². The number of aryl methyl sites for hydroxylation is 1. The van der Waals surface area contributed by atoms with E-state index in [1.807, 2.05) is 7.11 Å². The molecule has 1 nitrogen and oxygen atoms in total. The summed E-state index contributed by atoms with van der Waals surface area (Å²) >= 11 is 0. The maximum Gasteiger partial charge on any atom is 3.00 e. The SMILES string of the molecule is CC[Si](CC)(C1=[C-]C=CC1)c1cc(C)cc(C(C)(C)C)c1OC.[CH2-][Si](C)(C)C.[CH2-][Si](C)(C)C.[Lu+3]. The van der Waals surface area contributed by atoms with Crippen molar-refractivity contribution in [3.63, 3.8) is 0 Å². The summed E-state index contributed by atoms with van der Waals surface area (Å²) in [6, 6.07) is 7.10. The molecule has 0 radical (unpaired) electrons. The van der Waals surface area contributed by atoms with Crippen LogP contribution in [0.1, 0.15) is 52.2 Å². The molecule has 0 amide bonds. The molecular weight excluding hydrogens is 624 g/mol. The summed E-state index contributed by atoms with van der Waals surface area (Å²) in [5, 5.41) is 3.01. The molecule has 0 saturated heterocycles. The Morgan fingerprint density at radius 3 is 1.68 bits per heavy atom. The molecule has 0 spiro atoms. The molecule has 0 bridgehead atoms. The van der Waals surface area contributed by atoms with E-state index in [0.29, 0.717) is 0 Å². The fraction of sp³-hybridized carbons (Fsp3) is 0.586.